The molecule has 0 bridgehead atoms. The SMILES string of the molecule is COC(=O)[C@H](CC1CCCCC1)SN. The Balaban J connectivity index is 2.34. The second-order valence-corrected chi connectivity index (χ2v) is 4.73. The van der Waals surface area contributed by atoms with Crippen LogP contribution in [-0.2, 0) is 9.53 Å². The van der Waals surface area contributed by atoms with Gasteiger partial charge < -0.3 is 4.74 Å². The summed E-state index contributed by atoms with van der Waals surface area (Å²) in [7, 11) is 1.42. The van der Waals surface area contributed by atoms with Crippen molar-refractivity contribution < 1.29 is 9.53 Å². The number of rotatable bonds is 4. The molecule has 0 aliphatic heterocycles. The number of hydrogen-bond donors (Lipinski definition) is 1. The van der Waals surface area contributed by atoms with Gasteiger partial charge in [0.25, 0.3) is 0 Å². The summed E-state index contributed by atoms with van der Waals surface area (Å²) < 4.78 is 4.71. The van der Waals surface area contributed by atoms with Gasteiger partial charge in [0.1, 0.15) is 5.25 Å². The molecule has 0 aromatic heterocycles. The Morgan fingerprint density at radius 1 is 1.50 bits per heavy atom. The van der Waals surface area contributed by atoms with E-state index in [1.54, 1.807) is 0 Å². The van der Waals surface area contributed by atoms with Gasteiger partial charge in [0, 0.05) is 0 Å². The number of methoxy groups -OCH3 is 1. The highest BCUT2D eigenvalue weighted by atomic mass is 32.2. The van der Waals surface area contributed by atoms with E-state index in [2.05, 4.69) is 0 Å². The second-order valence-electron chi connectivity index (χ2n) is 3.89. The van der Waals surface area contributed by atoms with Crippen molar-refractivity contribution in [2.45, 2.75) is 43.8 Å². The van der Waals surface area contributed by atoms with Gasteiger partial charge in [-0.3, -0.25) is 9.93 Å². The predicted octanol–water partition coefficient (Wildman–Crippen LogP) is 2.11. The normalized spacial score (nSPS) is 20.4. The fourth-order valence-corrected chi connectivity index (χ4v) is 2.65. The third-order valence-corrected chi connectivity index (χ3v) is 3.61. The molecule has 82 valence electrons. The van der Waals surface area contributed by atoms with Gasteiger partial charge >= 0.3 is 5.97 Å². The van der Waals surface area contributed by atoms with Crippen molar-refractivity contribution in [3.05, 3.63) is 0 Å². The summed E-state index contributed by atoms with van der Waals surface area (Å²) >= 11 is 1.12. The number of nitrogens with two attached hydrogens (primary N) is 1. The molecule has 0 heterocycles. The highest BCUT2D eigenvalue weighted by molar-refractivity contribution is 7.98. The topological polar surface area (TPSA) is 52.3 Å². The molecule has 0 aromatic carbocycles. The molecule has 2 N–H and O–H groups in total. The average Bonchev–Trinajstić information content (AvgIpc) is 2.26. The van der Waals surface area contributed by atoms with Crippen LogP contribution in [0.4, 0.5) is 0 Å². The van der Waals surface area contributed by atoms with Crippen molar-refractivity contribution in [3.8, 4) is 0 Å². The molecule has 0 aromatic rings. The van der Waals surface area contributed by atoms with Crippen LogP contribution in [0.3, 0.4) is 0 Å². The van der Waals surface area contributed by atoms with E-state index in [-0.39, 0.29) is 11.2 Å². The van der Waals surface area contributed by atoms with Crippen molar-refractivity contribution in [1.82, 2.24) is 0 Å². The van der Waals surface area contributed by atoms with Crippen molar-refractivity contribution in [2.24, 2.45) is 11.1 Å². The molecular formula is C10H19NO2S. The molecule has 14 heavy (non-hydrogen) atoms. The lowest BCUT2D eigenvalue weighted by atomic mass is 9.86. The molecule has 1 rings (SSSR count). The van der Waals surface area contributed by atoms with Gasteiger partial charge in [-0.2, -0.15) is 0 Å². The summed E-state index contributed by atoms with van der Waals surface area (Å²) in [6.07, 6.45) is 7.31. The van der Waals surface area contributed by atoms with E-state index in [0.29, 0.717) is 5.92 Å². The smallest absolute Gasteiger partial charge is 0.320 e. The summed E-state index contributed by atoms with van der Waals surface area (Å²) in [5.41, 5.74) is 0. The summed E-state index contributed by atoms with van der Waals surface area (Å²) in [5.74, 6) is 0.493. The zero-order valence-corrected chi connectivity index (χ0v) is 9.52. The second kappa shape index (κ2) is 6.30. The first-order valence-corrected chi connectivity index (χ1v) is 6.15. The van der Waals surface area contributed by atoms with Crippen LogP contribution in [-0.4, -0.2) is 18.3 Å². The van der Waals surface area contributed by atoms with E-state index >= 15 is 0 Å². The Labute approximate surface area is 89.9 Å². The Kier molecular flexibility index (Phi) is 5.33. The van der Waals surface area contributed by atoms with E-state index in [1.807, 2.05) is 0 Å². The number of carbonyl (C=O) groups is 1. The van der Waals surface area contributed by atoms with Gasteiger partial charge in [-0.1, -0.05) is 44.1 Å². The lowest BCUT2D eigenvalue weighted by molar-refractivity contribution is -0.140. The maximum Gasteiger partial charge on any atom is 0.320 e. The van der Waals surface area contributed by atoms with Crippen LogP contribution in [0.15, 0.2) is 0 Å². The average molecular weight is 217 g/mol. The molecule has 1 saturated carbocycles. The molecule has 1 aliphatic rings. The predicted molar refractivity (Wildman–Crippen MR) is 58.8 cm³/mol. The molecule has 0 saturated heterocycles. The maximum atomic E-state index is 11.3. The first kappa shape index (κ1) is 11.9. The lowest BCUT2D eigenvalue weighted by Gasteiger charge is -2.24. The van der Waals surface area contributed by atoms with E-state index < -0.39 is 0 Å². The van der Waals surface area contributed by atoms with Crippen molar-refractivity contribution >= 4 is 17.9 Å². The van der Waals surface area contributed by atoms with Crippen molar-refractivity contribution in [1.29, 1.82) is 0 Å². The van der Waals surface area contributed by atoms with Crippen LogP contribution in [0.1, 0.15) is 38.5 Å². The van der Waals surface area contributed by atoms with E-state index in [0.717, 1.165) is 18.4 Å². The van der Waals surface area contributed by atoms with E-state index in [9.17, 15) is 4.79 Å². The van der Waals surface area contributed by atoms with Gasteiger partial charge in [0.15, 0.2) is 0 Å². The Bertz CT molecular complexity index is 181. The van der Waals surface area contributed by atoms with Crippen LogP contribution in [0.5, 0.6) is 0 Å². The number of carbonyl (C=O) groups excluding carboxylic acids is 1. The highest BCUT2D eigenvalue weighted by Gasteiger charge is 2.24. The molecule has 0 unspecified atom stereocenters. The minimum absolute atomic E-state index is 0.164. The zero-order chi connectivity index (χ0) is 10.4. The van der Waals surface area contributed by atoms with Crippen LogP contribution in [0, 0.1) is 5.92 Å². The summed E-state index contributed by atoms with van der Waals surface area (Å²) in [6.45, 7) is 0. The fraction of sp³-hybridized carbons (Fsp3) is 0.900. The summed E-state index contributed by atoms with van der Waals surface area (Å²) in [4.78, 5) is 11.3. The largest absolute Gasteiger partial charge is 0.468 e. The summed E-state index contributed by atoms with van der Waals surface area (Å²) in [5, 5.41) is 5.32. The summed E-state index contributed by atoms with van der Waals surface area (Å²) in [6, 6.07) is 0. The lowest BCUT2D eigenvalue weighted by Crippen LogP contribution is -2.24. The number of ether oxygens (including phenoxy) is 1. The van der Waals surface area contributed by atoms with Crippen LogP contribution in [0.25, 0.3) is 0 Å². The third-order valence-electron chi connectivity index (χ3n) is 2.90. The standard InChI is InChI=1S/C10H19NO2S/c1-13-10(12)9(14-11)7-8-5-3-2-4-6-8/h8-9H,2-7,11H2,1H3/t9-/m0/s1. The van der Waals surface area contributed by atoms with Gasteiger partial charge in [0.05, 0.1) is 7.11 Å². The minimum atomic E-state index is -0.178. The molecule has 1 aliphatic carbocycles. The Morgan fingerprint density at radius 2 is 2.14 bits per heavy atom. The maximum absolute atomic E-state index is 11.3. The van der Waals surface area contributed by atoms with Crippen molar-refractivity contribution in [2.75, 3.05) is 7.11 Å². The molecule has 0 spiro atoms. The van der Waals surface area contributed by atoms with Gasteiger partial charge in [-0.25, -0.2) is 0 Å². The van der Waals surface area contributed by atoms with Crippen molar-refractivity contribution in [3.63, 3.8) is 0 Å². The molecule has 0 amide bonds. The molecular weight excluding hydrogens is 198 g/mol. The first-order valence-electron chi connectivity index (χ1n) is 5.21. The van der Waals surface area contributed by atoms with Crippen LogP contribution in [0.2, 0.25) is 0 Å². The van der Waals surface area contributed by atoms with E-state index in [4.69, 9.17) is 9.88 Å². The monoisotopic (exact) mass is 217 g/mol. The Morgan fingerprint density at radius 3 is 2.64 bits per heavy atom. The molecule has 1 fully saturated rings. The van der Waals surface area contributed by atoms with Crippen LogP contribution >= 0.6 is 11.9 Å². The molecule has 0 radical (unpaired) electrons. The minimum Gasteiger partial charge on any atom is -0.468 e. The number of hydrogen-bond acceptors (Lipinski definition) is 4. The first-order chi connectivity index (χ1) is 6.77. The third kappa shape index (κ3) is 3.50. The van der Waals surface area contributed by atoms with Crippen LogP contribution < -0.4 is 5.14 Å². The molecule has 1 atom stereocenters. The zero-order valence-electron chi connectivity index (χ0n) is 8.70. The van der Waals surface area contributed by atoms with E-state index in [1.165, 1.54) is 39.2 Å². The van der Waals surface area contributed by atoms with Gasteiger partial charge in [-0.15, -0.1) is 0 Å². The van der Waals surface area contributed by atoms with Gasteiger partial charge in [-0.05, 0) is 12.3 Å². The Hall–Kier alpha value is -0.220. The van der Waals surface area contributed by atoms with Gasteiger partial charge in [0.2, 0.25) is 0 Å². The molecule has 4 heteroatoms. The number of esters is 1. The molecule has 3 nitrogen and oxygen atoms in total. The quantitative estimate of drug-likeness (QED) is 0.579. The highest BCUT2D eigenvalue weighted by Crippen LogP contribution is 2.29. The fourth-order valence-electron chi connectivity index (χ4n) is 2.06.